The lowest BCUT2D eigenvalue weighted by molar-refractivity contribution is 0.564. The average molecular weight is 293 g/mol. The van der Waals surface area contributed by atoms with Crippen LogP contribution in [-0.4, -0.2) is 35.4 Å². The Morgan fingerprint density at radius 2 is 2.20 bits per heavy atom. The first-order valence-corrected chi connectivity index (χ1v) is 8.15. The normalized spacial score (nSPS) is 16.1. The smallest absolute Gasteiger partial charge is 0.208 e. The molecule has 2 aromatic heterocycles. The number of aromatic nitrogens is 7. The van der Waals surface area contributed by atoms with E-state index in [2.05, 4.69) is 37.6 Å². The number of hydrogen-bond acceptors (Lipinski definition) is 6. The van der Waals surface area contributed by atoms with Crippen LogP contribution in [0, 0.1) is 0 Å². The largest absolute Gasteiger partial charge is 0.262 e. The van der Waals surface area contributed by atoms with Crippen LogP contribution in [0.25, 0.3) is 0 Å². The number of thioether (sulfide) groups is 1. The summed E-state index contributed by atoms with van der Waals surface area (Å²) in [6, 6.07) is 0. The van der Waals surface area contributed by atoms with E-state index in [-0.39, 0.29) is 0 Å². The molecule has 3 rings (SSSR count). The van der Waals surface area contributed by atoms with Crippen molar-refractivity contribution in [3.63, 3.8) is 0 Å². The number of hydrogen-bond donors (Lipinski definition) is 1. The number of aromatic amines is 1. The molecule has 1 N–H and O–H groups in total. The summed E-state index contributed by atoms with van der Waals surface area (Å²) >= 11 is 1.58. The van der Waals surface area contributed by atoms with Gasteiger partial charge in [-0.05, 0) is 29.7 Å². The Bertz CT molecular complexity index is 544. The zero-order valence-corrected chi connectivity index (χ0v) is 12.4. The number of nitrogens with zero attached hydrogens (tertiary/aromatic N) is 6. The predicted molar refractivity (Wildman–Crippen MR) is 75.3 cm³/mol. The van der Waals surface area contributed by atoms with E-state index in [0.29, 0.717) is 11.7 Å². The molecule has 1 aliphatic carbocycles. The molecular formula is C12H19N7S. The third-order valence-electron chi connectivity index (χ3n) is 3.60. The molecule has 2 heterocycles. The average Bonchev–Trinajstić information content (AvgIpc) is 3.18. The van der Waals surface area contributed by atoms with Gasteiger partial charge < -0.3 is 0 Å². The van der Waals surface area contributed by atoms with Crippen LogP contribution in [0.15, 0.2) is 5.16 Å². The van der Waals surface area contributed by atoms with Gasteiger partial charge in [0, 0.05) is 12.5 Å². The van der Waals surface area contributed by atoms with E-state index in [9.17, 15) is 0 Å². The number of rotatable bonds is 6. The Kier molecular flexibility index (Phi) is 4.29. The second kappa shape index (κ2) is 6.34. The molecule has 2 aromatic rings. The van der Waals surface area contributed by atoms with E-state index in [1.54, 1.807) is 11.8 Å². The summed E-state index contributed by atoms with van der Waals surface area (Å²) in [4.78, 5) is 4.59. The van der Waals surface area contributed by atoms with Gasteiger partial charge in [-0.1, -0.05) is 31.5 Å². The van der Waals surface area contributed by atoms with E-state index < -0.39 is 0 Å². The van der Waals surface area contributed by atoms with Gasteiger partial charge in [0.05, 0.1) is 5.75 Å². The van der Waals surface area contributed by atoms with Crippen molar-refractivity contribution in [1.82, 2.24) is 35.4 Å². The van der Waals surface area contributed by atoms with Crippen LogP contribution in [0.4, 0.5) is 0 Å². The van der Waals surface area contributed by atoms with Crippen molar-refractivity contribution in [3.05, 3.63) is 11.6 Å². The molecule has 0 unspecified atom stereocenters. The maximum atomic E-state index is 4.59. The fraction of sp³-hybridized carbons (Fsp3) is 0.750. The third kappa shape index (κ3) is 3.00. The van der Waals surface area contributed by atoms with Gasteiger partial charge in [-0.3, -0.25) is 5.10 Å². The summed E-state index contributed by atoms with van der Waals surface area (Å²) in [5.41, 5.74) is 0. The summed E-state index contributed by atoms with van der Waals surface area (Å²) < 4.78 is 1.84. The van der Waals surface area contributed by atoms with E-state index >= 15 is 0 Å². The minimum atomic E-state index is 0.572. The van der Waals surface area contributed by atoms with Crippen molar-refractivity contribution in [2.75, 3.05) is 0 Å². The third-order valence-corrected chi connectivity index (χ3v) is 4.44. The second-order valence-electron chi connectivity index (χ2n) is 5.09. The monoisotopic (exact) mass is 293 g/mol. The van der Waals surface area contributed by atoms with Gasteiger partial charge in [-0.2, -0.15) is 0 Å². The van der Waals surface area contributed by atoms with Crippen LogP contribution >= 0.6 is 11.8 Å². The van der Waals surface area contributed by atoms with Crippen LogP contribution in [0.1, 0.15) is 56.6 Å². The van der Waals surface area contributed by atoms with Gasteiger partial charge >= 0.3 is 0 Å². The first-order valence-electron chi connectivity index (χ1n) is 7.17. The van der Waals surface area contributed by atoms with Crippen LogP contribution in [0.2, 0.25) is 0 Å². The van der Waals surface area contributed by atoms with Gasteiger partial charge in [0.25, 0.3) is 0 Å². The van der Waals surface area contributed by atoms with Crippen molar-refractivity contribution >= 4 is 11.8 Å². The molecule has 7 nitrogen and oxygen atoms in total. The van der Waals surface area contributed by atoms with Crippen LogP contribution in [-0.2, 0) is 12.3 Å². The molecule has 8 heteroatoms. The van der Waals surface area contributed by atoms with Crippen molar-refractivity contribution < 1.29 is 0 Å². The first-order chi connectivity index (χ1) is 9.86. The molecular weight excluding hydrogens is 274 g/mol. The highest BCUT2D eigenvalue weighted by Crippen LogP contribution is 2.32. The molecule has 0 amide bonds. The molecule has 0 spiro atoms. The maximum absolute atomic E-state index is 4.59. The highest BCUT2D eigenvalue weighted by molar-refractivity contribution is 7.98. The predicted octanol–water partition coefficient (Wildman–Crippen LogP) is 2.15. The van der Waals surface area contributed by atoms with E-state index in [1.165, 1.54) is 25.7 Å². The summed E-state index contributed by atoms with van der Waals surface area (Å²) in [5, 5.41) is 19.9. The van der Waals surface area contributed by atoms with Gasteiger partial charge in [0.15, 0.2) is 5.82 Å². The Balaban J connectivity index is 1.59. The van der Waals surface area contributed by atoms with Crippen molar-refractivity contribution in [3.8, 4) is 0 Å². The number of aryl methyl sites for hydroxylation is 1. The molecule has 1 saturated carbocycles. The fourth-order valence-electron chi connectivity index (χ4n) is 2.55. The Labute approximate surface area is 121 Å². The fourth-order valence-corrected chi connectivity index (χ4v) is 3.28. The molecule has 0 atom stereocenters. The topological polar surface area (TPSA) is 85.2 Å². The van der Waals surface area contributed by atoms with Crippen molar-refractivity contribution in [2.24, 2.45) is 0 Å². The zero-order chi connectivity index (χ0) is 13.8. The minimum absolute atomic E-state index is 0.572. The molecule has 1 fully saturated rings. The van der Waals surface area contributed by atoms with Gasteiger partial charge in [-0.15, -0.1) is 10.2 Å². The van der Waals surface area contributed by atoms with Crippen molar-refractivity contribution in [2.45, 2.75) is 62.4 Å². The van der Waals surface area contributed by atoms with Crippen LogP contribution < -0.4 is 0 Å². The molecule has 1 aliphatic rings. The van der Waals surface area contributed by atoms with Crippen LogP contribution in [0.5, 0.6) is 0 Å². The van der Waals surface area contributed by atoms with E-state index in [4.69, 9.17) is 0 Å². The number of H-pyrrole nitrogens is 1. The van der Waals surface area contributed by atoms with E-state index in [1.807, 2.05) is 4.68 Å². The number of tetrazole rings is 1. The molecule has 0 bridgehead atoms. The molecule has 0 saturated heterocycles. The van der Waals surface area contributed by atoms with E-state index in [0.717, 1.165) is 29.8 Å². The quantitative estimate of drug-likeness (QED) is 0.821. The Morgan fingerprint density at radius 3 is 3.00 bits per heavy atom. The van der Waals surface area contributed by atoms with Crippen LogP contribution in [0.3, 0.4) is 0 Å². The maximum Gasteiger partial charge on any atom is 0.208 e. The standard InChI is InChI=1S/C12H19N7S/c1-2-7-19-10(14-17-18-19)8-20-12-13-11(15-16-12)9-5-3-4-6-9/h9H,2-8H2,1H3,(H,13,15,16). The summed E-state index contributed by atoms with van der Waals surface area (Å²) in [7, 11) is 0. The summed E-state index contributed by atoms with van der Waals surface area (Å²) in [5.74, 6) is 3.19. The van der Waals surface area contributed by atoms with Gasteiger partial charge in [0.1, 0.15) is 5.82 Å². The Morgan fingerprint density at radius 1 is 1.35 bits per heavy atom. The molecule has 108 valence electrons. The lowest BCUT2D eigenvalue weighted by Crippen LogP contribution is -2.04. The Hall–Kier alpha value is -1.44. The molecule has 0 aliphatic heterocycles. The van der Waals surface area contributed by atoms with Gasteiger partial charge in [0.2, 0.25) is 5.16 Å². The first kappa shape index (κ1) is 13.5. The summed E-state index contributed by atoms with van der Waals surface area (Å²) in [6.07, 6.45) is 6.09. The molecule has 0 aromatic carbocycles. The zero-order valence-electron chi connectivity index (χ0n) is 11.6. The second-order valence-corrected chi connectivity index (χ2v) is 6.03. The van der Waals surface area contributed by atoms with Crippen molar-refractivity contribution in [1.29, 1.82) is 0 Å². The van der Waals surface area contributed by atoms with Gasteiger partial charge in [-0.25, -0.2) is 9.67 Å². The lowest BCUT2D eigenvalue weighted by Gasteiger charge is -2.02. The highest BCUT2D eigenvalue weighted by atomic mass is 32.2. The SMILES string of the molecule is CCCn1nnnc1CSc1n[nH]c(C2CCCC2)n1. The lowest BCUT2D eigenvalue weighted by atomic mass is 10.1. The molecule has 0 radical (unpaired) electrons. The molecule has 20 heavy (non-hydrogen) atoms. The number of nitrogens with one attached hydrogen (secondary N) is 1. The summed E-state index contributed by atoms with van der Waals surface area (Å²) in [6.45, 7) is 2.96. The highest BCUT2D eigenvalue weighted by Gasteiger charge is 2.20. The minimum Gasteiger partial charge on any atom is -0.262 e.